The molecule has 174 valence electrons. The van der Waals surface area contributed by atoms with E-state index in [9.17, 15) is 14.9 Å². The average molecular weight is 504 g/mol. The van der Waals surface area contributed by atoms with Crippen molar-refractivity contribution in [1.29, 1.82) is 5.26 Å². The highest BCUT2D eigenvalue weighted by atomic mass is 35.5. The van der Waals surface area contributed by atoms with E-state index in [2.05, 4.69) is 16.4 Å². The first-order chi connectivity index (χ1) is 17.0. The van der Waals surface area contributed by atoms with Crippen LogP contribution in [0.1, 0.15) is 27.0 Å². The number of carbonyl (C=O) groups is 2. The van der Waals surface area contributed by atoms with Gasteiger partial charge in [0.2, 0.25) is 0 Å². The minimum absolute atomic E-state index is 0.133. The van der Waals surface area contributed by atoms with E-state index in [-0.39, 0.29) is 22.7 Å². The summed E-state index contributed by atoms with van der Waals surface area (Å²) in [6, 6.07) is 21.2. The zero-order valence-electron chi connectivity index (χ0n) is 18.4. The van der Waals surface area contributed by atoms with Crippen LogP contribution >= 0.6 is 23.4 Å². The summed E-state index contributed by atoms with van der Waals surface area (Å²) in [6.07, 6.45) is 1.62. The second-order valence-corrected chi connectivity index (χ2v) is 8.68. The van der Waals surface area contributed by atoms with Gasteiger partial charge in [0, 0.05) is 11.1 Å². The lowest BCUT2D eigenvalue weighted by Crippen LogP contribution is -2.20. The Morgan fingerprint density at radius 3 is 2.66 bits per heavy atom. The molecule has 0 saturated carbocycles. The highest BCUT2D eigenvalue weighted by Gasteiger charge is 2.25. The van der Waals surface area contributed by atoms with Crippen molar-refractivity contribution in [3.8, 4) is 17.6 Å². The number of benzene rings is 3. The van der Waals surface area contributed by atoms with Crippen LogP contribution in [0.15, 0.2) is 76.6 Å². The Morgan fingerprint density at radius 2 is 1.91 bits per heavy atom. The van der Waals surface area contributed by atoms with Crippen LogP contribution in [0.4, 0.5) is 0 Å². The van der Waals surface area contributed by atoms with E-state index in [0.717, 1.165) is 17.3 Å². The SMILES string of the molecule is COc1cc(/C=C2\SC(=NC(=O)c3ccccc3)NC2=O)cc(Cl)c1OCc1ccccc1C#N. The average Bonchev–Trinajstić information content (AvgIpc) is 3.21. The predicted molar refractivity (Wildman–Crippen MR) is 135 cm³/mol. The minimum Gasteiger partial charge on any atom is -0.493 e. The van der Waals surface area contributed by atoms with Crippen LogP contribution < -0.4 is 14.8 Å². The van der Waals surface area contributed by atoms with Crippen molar-refractivity contribution in [3.05, 3.63) is 98.9 Å². The number of methoxy groups -OCH3 is 1. The van der Waals surface area contributed by atoms with Crippen molar-refractivity contribution >= 4 is 46.4 Å². The van der Waals surface area contributed by atoms with Crippen molar-refractivity contribution in [1.82, 2.24) is 5.32 Å². The van der Waals surface area contributed by atoms with Crippen LogP contribution in [0, 0.1) is 11.3 Å². The van der Waals surface area contributed by atoms with Crippen LogP contribution in [-0.2, 0) is 11.4 Å². The second kappa shape index (κ2) is 10.9. The molecule has 9 heteroatoms. The lowest BCUT2D eigenvalue weighted by molar-refractivity contribution is -0.115. The third-order valence-corrected chi connectivity index (χ3v) is 6.12. The number of thioether (sulfide) groups is 1. The maximum Gasteiger partial charge on any atom is 0.279 e. The third-order valence-electron chi connectivity index (χ3n) is 4.93. The molecule has 0 atom stereocenters. The predicted octanol–water partition coefficient (Wildman–Crippen LogP) is 5.20. The van der Waals surface area contributed by atoms with Crippen LogP contribution in [0.2, 0.25) is 5.02 Å². The molecule has 4 rings (SSSR count). The maximum absolute atomic E-state index is 12.4. The molecular weight excluding hydrogens is 486 g/mol. The van der Waals surface area contributed by atoms with Gasteiger partial charge >= 0.3 is 0 Å². The van der Waals surface area contributed by atoms with Gasteiger partial charge in [-0.3, -0.25) is 9.59 Å². The van der Waals surface area contributed by atoms with Gasteiger partial charge in [-0.2, -0.15) is 10.3 Å². The van der Waals surface area contributed by atoms with Crippen molar-refractivity contribution in [2.75, 3.05) is 7.11 Å². The Labute approximate surface area is 211 Å². The third kappa shape index (κ3) is 5.72. The second-order valence-electron chi connectivity index (χ2n) is 7.24. The minimum atomic E-state index is -0.446. The fourth-order valence-electron chi connectivity index (χ4n) is 3.24. The van der Waals surface area contributed by atoms with Crippen molar-refractivity contribution in [3.63, 3.8) is 0 Å². The zero-order valence-corrected chi connectivity index (χ0v) is 20.0. The van der Waals surface area contributed by atoms with E-state index in [1.165, 1.54) is 7.11 Å². The van der Waals surface area contributed by atoms with Gasteiger partial charge in [0.25, 0.3) is 11.8 Å². The van der Waals surface area contributed by atoms with Crippen LogP contribution in [0.25, 0.3) is 6.08 Å². The first-order valence-corrected chi connectivity index (χ1v) is 11.5. The molecule has 0 radical (unpaired) electrons. The van der Waals surface area contributed by atoms with E-state index in [4.69, 9.17) is 21.1 Å². The number of hydrogen-bond acceptors (Lipinski definition) is 6. The molecule has 1 fully saturated rings. The number of nitriles is 1. The molecule has 1 aliphatic heterocycles. The van der Waals surface area contributed by atoms with Crippen molar-refractivity contribution < 1.29 is 19.1 Å². The summed E-state index contributed by atoms with van der Waals surface area (Å²) in [5.74, 6) is -0.129. The van der Waals surface area contributed by atoms with Gasteiger partial charge in [0.15, 0.2) is 16.7 Å². The van der Waals surface area contributed by atoms with Crippen molar-refractivity contribution in [2.45, 2.75) is 6.61 Å². The number of aliphatic imine (C=N–C) groups is 1. The van der Waals surface area contributed by atoms with Crippen LogP contribution in [0.3, 0.4) is 0 Å². The first-order valence-electron chi connectivity index (χ1n) is 10.4. The summed E-state index contributed by atoms with van der Waals surface area (Å²) in [7, 11) is 1.48. The van der Waals surface area contributed by atoms with Gasteiger partial charge in [0.1, 0.15) is 6.61 Å². The number of rotatable bonds is 6. The molecule has 1 N–H and O–H groups in total. The van der Waals surface area contributed by atoms with Crippen molar-refractivity contribution in [2.24, 2.45) is 4.99 Å². The number of nitrogens with zero attached hydrogens (tertiary/aromatic N) is 2. The number of carbonyl (C=O) groups excluding carboxylic acids is 2. The monoisotopic (exact) mass is 503 g/mol. The van der Waals surface area contributed by atoms with Gasteiger partial charge in [-0.25, -0.2) is 0 Å². The normalized spacial score (nSPS) is 15.1. The van der Waals surface area contributed by atoms with E-state index in [1.54, 1.807) is 66.7 Å². The fourth-order valence-corrected chi connectivity index (χ4v) is 4.33. The Balaban J connectivity index is 1.53. The number of halogens is 1. The maximum atomic E-state index is 12.4. The van der Waals surface area contributed by atoms with E-state index in [0.29, 0.717) is 33.1 Å². The Bertz CT molecular complexity index is 1400. The largest absolute Gasteiger partial charge is 0.493 e. The van der Waals surface area contributed by atoms with Gasteiger partial charge in [-0.05, 0) is 53.7 Å². The van der Waals surface area contributed by atoms with Gasteiger partial charge in [-0.1, -0.05) is 48.0 Å². The number of hydrogen-bond donors (Lipinski definition) is 1. The molecule has 0 bridgehead atoms. The topological polar surface area (TPSA) is 101 Å². The van der Waals surface area contributed by atoms with Gasteiger partial charge in [0.05, 0.1) is 28.7 Å². The number of amides is 2. The molecule has 7 nitrogen and oxygen atoms in total. The standard InChI is InChI=1S/C26H18ClN3O4S/c1-33-21-12-16(11-20(27)23(21)34-15-19-10-6-5-9-18(19)14-28)13-22-25(32)30-26(35-22)29-24(31)17-7-3-2-4-8-17/h2-13H,15H2,1H3,(H,29,30,31,32)/b22-13-. The molecule has 3 aromatic carbocycles. The zero-order chi connectivity index (χ0) is 24.8. The molecule has 3 aromatic rings. The molecule has 0 spiro atoms. The van der Waals surface area contributed by atoms with E-state index in [1.807, 2.05) is 6.07 Å². The van der Waals surface area contributed by atoms with Gasteiger partial charge < -0.3 is 14.8 Å². The van der Waals surface area contributed by atoms with Crippen LogP contribution in [-0.4, -0.2) is 24.1 Å². The summed E-state index contributed by atoms with van der Waals surface area (Å²) < 4.78 is 11.3. The highest BCUT2D eigenvalue weighted by molar-refractivity contribution is 8.18. The Morgan fingerprint density at radius 1 is 1.17 bits per heavy atom. The molecule has 35 heavy (non-hydrogen) atoms. The molecule has 0 aliphatic carbocycles. The molecule has 1 aliphatic rings. The van der Waals surface area contributed by atoms with E-state index < -0.39 is 5.91 Å². The van der Waals surface area contributed by atoms with Gasteiger partial charge in [-0.15, -0.1) is 0 Å². The fraction of sp³-hybridized carbons (Fsp3) is 0.0769. The summed E-state index contributed by atoms with van der Waals surface area (Å²) in [5, 5.41) is 12.3. The molecule has 0 aromatic heterocycles. The number of ether oxygens (including phenoxy) is 2. The Kier molecular flexibility index (Phi) is 7.51. The highest BCUT2D eigenvalue weighted by Crippen LogP contribution is 2.38. The first kappa shape index (κ1) is 24.1. The summed E-state index contributed by atoms with van der Waals surface area (Å²) in [4.78, 5) is 29.1. The summed E-state index contributed by atoms with van der Waals surface area (Å²) >= 11 is 7.52. The Hall–Kier alpha value is -4.06. The quantitative estimate of drug-likeness (QED) is 0.464. The lowest BCUT2D eigenvalue weighted by atomic mass is 10.1. The summed E-state index contributed by atoms with van der Waals surface area (Å²) in [6.45, 7) is 0.133. The van der Waals surface area contributed by atoms with Crippen LogP contribution in [0.5, 0.6) is 11.5 Å². The molecule has 1 heterocycles. The molecule has 1 saturated heterocycles. The molecular formula is C26H18ClN3O4S. The summed E-state index contributed by atoms with van der Waals surface area (Å²) in [5.41, 5.74) is 2.26. The molecule has 0 unspecified atom stereocenters. The number of amidine groups is 1. The number of nitrogens with one attached hydrogen (secondary N) is 1. The van der Waals surface area contributed by atoms with E-state index >= 15 is 0 Å². The molecule has 2 amide bonds. The lowest BCUT2D eigenvalue weighted by Gasteiger charge is -2.14. The smallest absolute Gasteiger partial charge is 0.279 e.